The monoisotopic (exact) mass is 570 g/mol. The molecule has 11 heteroatoms. The third-order valence-corrected chi connectivity index (χ3v) is 8.45. The average molecular weight is 571 g/mol. The Morgan fingerprint density at radius 1 is 1.07 bits per heavy atom. The number of esters is 2. The largest absolute Gasteiger partial charge is 0.458 e. The molecule has 1 aromatic carbocycles. The van der Waals surface area contributed by atoms with Gasteiger partial charge in [0.25, 0.3) is 0 Å². The summed E-state index contributed by atoms with van der Waals surface area (Å²) in [4.78, 5) is 38.7. The number of ketones is 1. The lowest BCUT2D eigenvalue weighted by molar-refractivity contribution is -0.299. The zero-order valence-corrected chi connectivity index (χ0v) is 22.4. The van der Waals surface area contributed by atoms with Crippen molar-refractivity contribution in [3.8, 4) is 0 Å². The van der Waals surface area contributed by atoms with E-state index in [1.165, 1.54) is 12.2 Å². The number of hydrogen-bond acceptors (Lipinski definition) is 11. The Labute approximate surface area is 236 Å². The molecule has 2 heterocycles. The number of aliphatic hydroxyl groups excluding tert-OH is 4. The predicted octanol–water partition coefficient (Wildman–Crippen LogP) is 0.307. The number of hydrogen-bond donors (Lipinski definition) is 4. The van der Waals surface area contributed by atoms with E-state index in [4.69, 9.17) is 18.9 Å². The molecule has 5 rings (SSSR count). The van der Waals surface area contributed by atoms with Gasteiger partial charge < -0.3 is 39.4 Å². The van der Waals surface area contributed by atoms with Crippen molar-refractivity contribution in [3.05, 3.63) is 65.8 Å². The van der Waals surface area contributed by atoms with Gasteiger partial charge in [-0.3, -0.25) is 4.79 Å². The number of aliphatic hydroxyl groups is 4. The number of ether oxygens (including phenoxy) is 4. The molecule has 220 valence electrons. The third-order valence-electron chi connectivity index (χ3n) is 8.45. The second-order valence-electron chi connectivity index (χ2n) is 11.0. The highest BCUT2D eigenvalue weighted by Crippen LogP contribution is 2.50. The fourth-order valence-electron chi connectivity index (χ4n) is 6.39. The summed E-state index contributed by atoms with van der Waals surface area (Å²) in [5, 5.41) is 39.9. The van der Waals surface area contributed by atoms with Gasteiger partial charge in [-0.05, 0) is 35.6 Å². The summed E-state index contributed by atoms with van der Waals surface area (Å²) in [6, 6.07) is 9.23. The molecule has 2 aliphatic heterocycles. The van der Waals surface area contributed by atoms with Crippen molar-refractivity contribution in [1.29, 1.82) is 0 Å². The maximum absolute atomic E-state index is 13.2. The van der Waals surface area contributed by atoms with Crippen molar-refractivity contribution in [2.75, 3.05) is 13.2 Å². The van der Waals surface area contributed by atoms with Gasteiger partial charge in [-0.25, -0.2) is 9.59 Å². The van der Waals surface area contributed by atoms with Gasteiger partial charge in [0.15, 0.2) is 12.1 Å². The molecule has 4 aliphatic rings. The van der Waals surface area contributed by atoms with Crippen LogP contribution in [0.5, 0.6) is 0 Å². The molecule has 2 aliphatic carbocycles. The van der Waals surface area contributed by atoms with Crippen molar-refractivity contribution in [2.24, 2.45) is 23.7 Å². The first kappa shape index (κ1) is 29.3. The Bertz CT molecular complexity index is 1240. The van der Waals surface area contributed by atoms with Crippen LogP contribution >= 0.6 is 0 Å². The minimum Gasteiger partial charge on any atom is -0.458 e. The lowest BCUT2D eigenvalue weighted by Gasteiger charge is -2.40. The van der Waals surface area contributed by atoms with Gasteiger partial charge in [-0.2, -0.15) is 0 Å². The summed E-state index contributed by atoms with van der Waals surface area (Å²) in [6.07, 6.45) is -4.29. The van der Waals surface area contributed by atoms with Crippen LogP contribution in [0.4, 0.5) is 0 Å². The van der Waals surface area contributed by atoms with E-state index in [2.05, 4.69) is 6.58 Å². The summed E-state index contributed by atoms with van der Waals surface area (Å²) >= 11 is 0. The minimum atomic E-state index is -1.62. The molecule has 0 spiro atoms. The zero-order valence-electron chi connectivity index (χ0n) is 22.4. The zero-order chi connectivity index (χ0) is 29.4. The highest BCUT2D eigenvalue weighted by atomic mass is 16.7. The Balaban J connectivity index is 1.35. The van der Waals surface area contributed by atoms with Crippen LogP contribution in [0.2, 0.25) is 0 Å². The number of fused-ring (bicyclic) bond motifs is 3. The van der Waals surface area contributed by atoms with E-state index in [9.17, 15) is 34.8 Å². The van der Waals surface area contributed by atoms with Crippen molar-refractivity contribution in [2.45, 2.75) is 56.3 Å². The van der Waals surface area contributed by atoms with E-state index in [0.29, 0.717) is 12.0 Å². The number of rotatable bonds is 7. The van der Waals surface area contributed by atoms with Gasteiger partial charge in [0, 0.05) is 23.5 Å². The van der Waals surface area contributed by atoms with E-state index in [-0.39, 0.29) is 23.9 Å². The normalized spacial score (nSPS) is 38.7. The van der Waals surface area contributed by atoms with E-state index in [1.807, 2.05) is 37.3 Å². The quantitative estimate of drug-likeness (QED) is 0.263. The number of carbonyl (C=O) groups is 3. The van der Waals surface area contributed by atoms with Gasteiger partial charge in [0.05, 0.1) is 19.1 Å². The SMILES string of the molecule is C=C1C(=O)OC2C1C(OC(=O)C=Cc1ccccc1)CC(C)C1C(=O)C=C(COC3OC(CO)C(O)C(O)C3O)C21. The second-order valence-corrected chi connectivity index (χ2v) is 11.0. The smallest absolute Gasteiger partial charge is 0.334 e. The summed E-state index contributed by atoms with van der Waals surface area (Å²) in [5.74, 6) is -3.59. The molecule has 11 nitrogen and oxygen atoms in total. The molecular weight excluding hydrogens is 536 g/mol. The van der Waals surface area contributed by atoms with Crippen molar-refractivity contribution in [1.82, 2.24) is 0 Å². The van der Waals surface area contributed by atoms with Gasteiger partial charge in [0.1, 0.15) is 36.6 Å². The van der Waals surface area contributed by atoms with Crippen LogP contribution in [0, 0.1) is 23.7 Å². The molecule has 1 saturated carbocycles. The molecule has 0 amide bonds. The van der Waals surface area contributed by atoms with Gasteiger partial charge in [0.2, 0.25) is 0 Å². The maximum atomic E-state index is 13.2. The van der Waals surface area contributed by atoms with Gasteiger partial charge >= 0.3 is 11.9 Å². The minimum absolute atomic E-state index is 0.154. The van der Waals surface area contributed by atoms with E-state index in [0.717, 1.165) is 5.56 Å². The standard InChI is InChI=1S/C30H34O11/c1-14-10-19(39-21(33)9-8-16-6-4-3-5-7-16)23-15(2)29(37)41-28(23)24-17(11-18(32)22(14)24)13-38-30-27(36)26(35)25(34)20(12-31)40-30/h3-9,11,14,19-20,22-28,30-31,34-36H,2,10,12-13H2,1H3. The molecular formula is C30H34O11. The van der Waals surface area contributed by atoms with Crippen LogP contribution in [0.25, 0.3) is 6.08 Å². The van der Waals surface area contributed by atoms with E-state index < -0.39 is 79.2 Å². The van der Waals surface area contributed by atoms with Crippen molar-refractivity contribution >= 4 is 23.8 Å². The second kappa shape index (κ2) is 12.0. The molecule has 0 radical (unpaired) electrons. The Morgan fingerprint density at radius 2 is 1.80 bits per heavy atom. The van der Waals surface area contributed by atoms with E-state index in [1.54, 1.807) is 6.08 Å². The summed E-state index contributed by atoms with van der Waals surface area (Å²) in [5.41, 5.74) is 1.45. The first-order chi connectivity index (χ1) is 19.6. The van der Waals surface area contributed by atoms with Crippen molar-refractivity contribution in [3.63, 3.8) is 0 Å². The van der Waals surface area contributed by atoms with Crippen LogP contribution in [-0.2, 0) is 33.3 Å². The molecule has 1 aromatic rings. The molecule has 2 saturated heterocycles. The average Bonchev–Trinajstić information content (AvgIpc) is 3.40. The molecule has 11 atom stereocenters. The highest BCUT2D eigenvalue weighted by molar-refractivity contribution is 5.97. The lowest BCUT2D eigenvalue weighted by Crippen LogP contribution is -2.59. The van der Waals surface area contributed by atoms with Gasteiger partial charge in [-0.1, -0.05) is 43.8 Å². The predicted molar refractivity (Wildman–Crippen MR) is 141 cm³/mol. The summed E-state index contributed by atoms with van der Waals surface area (Å²) < 4.78 is 22.7. The topological polar surface area (TPSA) is 169 Å². The van der Waals surface area contributed by atoms with Crippen molar-refractivity contribution < 1.29 is 53.8 Å². The van der Waals surface area contributed by atoms with Crippen LogP contribution < -0.4 is 0 Å². The number of allylic oxidation sites excluding steroid dienone is 1. The fourth-order valence-corrected chi connectivity index (χ4v) is 6.39. The highest BCUT2D eigenvalue weighted by Gasteiger charge is 2.58. The number of carbonyl (C=O) groups excluding carboxylic acids is 3. The molecule has 41 heavy (non-hydrogen) atoms. The molecule has 0 aromatic heterocycles. The molecule has 11 unspecified atom stereocenters. The van der Waals surface area contributed by atoms with Crippen LogP contribution in [0.1, 0.15) is 18.9 Å². The van der Waals surface area contributed by atoms with Crippen LogP contribution in [0.15, 0.2) is 60.2 Å². The number of benzene rings is 1. The van der Waals surface area contributed by atoms with Crippen LogP contribution in [-0.4, -0.2) is 94.3 Å². The summed E-state index contributed by atoms with van der Waals surface area (Å²) in [6.45, 7) is 4.95. The molecule has 3 fully saturated rings. The molecule has 0 bridgehead atoms. The first-order valence-electron chi connectivity index (χ1n) is 13.6. The van der Waals surface area contributed by atoms with Crippen LogP contribution in [0.3, 0.4) is 0 Å². The Hall–Kier alpha value is -3.19. The molecule has 4 N–H and O–H groups in total. The van der Waals surface area contributed by atoms with Gasteiger partial charge in [-0.15, -0.1) is 0 Å². The Kier molecular flexibility index (Phi) is 8.55. The third kappa shape index (κ3) is 5.66. The maximum Gasteiger partial charge on any atom is 0.334 e. The Morgan fingerprint density at radius 3 is 2.51 bits per heavy atom. The van der Waals surface area contributed by atoms with E-state index >= 15 is 0 Å². The lowest BCUT2D eigenvalue weighted by atomic mass is 9.78. The first-order valence-corrected chi connectivity index (χ1v) is 13.6. The fraction of sp³-hybridized carbons (Fsp3) is 0.500. The summed E-state index contributed by atoms with van der Waals surface area (Å²) in [7, 11) is 0.